The Balaban J connectivity index is 1.15. The number of carbonyl (C=O) groups is 3. The minimum absolute atomic E-state index is 0.113. The topological polar surface area (TPSA) is 151 Å². The van der Waals surface area contributed by atoms with Crippen molar-refractivity contribution in [2.45, 2.75) is 58.4 Å². The SMILES string of the molecule is CCNC(=O)NC(C)c1cccc(CC(=O)Nc2ccc(CCCCc3nnc(NC(=O)Cc4ccccc4)s3)nn2)c1. The van der Waals surface area contributed by atoms with Gasteiger partial charge in [0.05, 0.1) is 24.6 Å². The van der Waals surface area contributed by atoms with Crippen molar-refractivity contribution in [1.82, 2.24) is 31.0 Å². The van der Waals surface area contributed by atoms with Gasteiger partial charge in [-0.3, -0.25) is 9.59 Å². The highest BCUT2D eigenvalue weighted by Gasteiger charge is 2.12. The van der Waals surface area contributed by atoms with Crippen molar-refractivity contribution in [2.75, 3.05) is 17.2 Å². The van der Waals surface area contributed by atoms with Crippen molar-refractivity contribution in [2.24, 2.45) is 0 Å². The first kappa shape index (κ1) is 31.2. The fourth-order valence-corrected chi connectivity index (χ4v) is 5.13. The quantitative estimate of drug-likeness (QED) is 0.154. The molecule has 4 N–H and O–H groups in total. The Morgan fingerprint density at radius 2 is 1.53 bits per heavy atom. The first-order valence-corrected chi connectivity index (χ1v) is 15.1. The molecule has 0 aliphatic heterocycles. The van der Waals surface area contributed by atoms with Gasteiger partial charge in [0, 0.05) is 13.0 Å². The third kappa shape index (κ3) is 10.6. The van der Waals surface area contributed by atoms with Gasteiger partial charge in [-0.1, -0.05) is 65.9 Å². The standard InChI is InChI=1S/C31H36N8O3S/c1-3-32-30(42)33-21(2)24-13-9-12-23(18-24)20-27(40)34-26-17-16-25(36-37-26)14-7-8-15-29-38-39-31(43-29)35-28(41)19-22-10-5-4-6-11-22/h4-6,9-13,16-18,21H,3,7-8,14-15,19-20H2,1-2H3,(H2,32,33,42)(H,34,37,40)(H,35,39,41). The van der Waals surface area contributed by atoms with E-state index in [4.69, 9.17) is 0 Å². The summed E-state index contributed by atoms with van der Waals surface area (Å²) < 4.78 is 0. The number of rotatable bonds is 14. The van der Waals surface area contributed by atoms with E-state index < -0.39 is 0 Å². The summed E-state index contributed by atoms with van der Waals surface area (Å²) >= 11 is 1.39. The summed E-state index contributed by atoms with van der Waals surface area (Å²) in [7, 11) is 0. The van der Waals surface area contributed by atoms with Crippen LogP contribution >= 0.6 is 11.3 Å². The molecule has 2 aromatic heterocycles. The van der Waals surface area contributed by atoms with Gasteiger partial charge in [-0.15, -0.1) is 15.3 Å². The molecule has 0 aliphatic carbocycles. The molecule has 43 heavy (non-hydrogen) atoms. The number of anilines is 2. The highest BCUT2D eigenvalue weighted by atomic mass is 32.1. The van der Waals surface area contributed by atoms with E-state index >= 15 is 0 Å². The number of amides is 4. The third-order valence-corrected chi connectivity index (χ3v) is 7.38. The van der Waals surface area contributed by atoms with Gasteiger partial charge in [-0.2, -0.15) is 5.10 Å². The number of urea groups is 1. The number of benzene rings is 2. The number of aromatic nitrogens is 4. The maximum absolute atomic E-state index is 12.6. The van der Waals surface area contributed by atoms with Crippen molar-refractivity contribution in [3.8, 4) is 0 Å². The fourth-order valence-electron chi connectivity index (χ4n) is 4.33. The highest BCUT2D eigenvalue weighted by Crippen LogP contribution is 2.19. The molecule has 4 rings (SSSR count). The summed E-state index contributed by atoms with van der Waals surface area (Å²) in [6.45, 7) is 4.31. The zero-order valence-electron chi connectivity index (χ0n) is 24.3. The van der Waals surface area contributed by atoms with Gasteiger partial charge in [0.15, 0.2) is 5.82 Å². The molecule has 1 atom stereocenters. The molecular weight excluding hydrogens is 564 g/mol. The normalized spacial score (nSPS) is 11.4. The molecule has 11 nitrogen and oxygen atoms in total. The molecule has 2 heterocycles. The molecule has 0 fully saturated rings. The largest absolute Gasteiger partial charge is 0.338 e. The Kier molecular flexibility index (Phi) is 11.7. The Morgan fingerprint density at radius 1 is 0.791 bits per heavy atom. The predicted molar refractivity (Wildman–Crippen MR) is 167 cm³/mol. The van der Waals surface area contributed by atoms with Crippen molar-refractivity contribution in [1.29, 1.82) is 0 Å². The lowest BCUT2D eigenvalue weighted by Crippen LogP contribution is -2.36. The summed E-state index contributed by atoms with van der Waals surface area (Å²) in [6, 6.07) is 20.3. The van der Waals surface area contributed by atoms with Crippen LogP contribution in [0.4, 0.5) is 15.7 Å². The van der Waals surface area contributed by atoms with Crippen LogP contribution in [0.3, 0.4) is 0 Å². The Morgan fingerprint density at radius 3 is 2.30 bits per heavy atom. The molecule has 0 bridgehead atoms. The average molecular weight is 601 g/mol. The predicted octanol–water partition coefficient (Wildman–Crippen LogP) is 4.64. The molecule has 4 aromatic rings. The van der Waals surface area contributed by atoms with Gasteiger partial charge in [-0.25, -0.2) is 4.79 Å². The molecule has 224 valence electrons. The summed E-state index contributed by atoms with van der Waals surface area (Å²) in [5.41, 5.74) is 3.54. The lowest BCUT2D eigenvalue weighted by molar-refractivity contribution is -0.116. The van der Waals surface area contributed by atoms with Gasteiger partial charge in [-0.05, 0) is 61.9 Å². The lowest BCUT2D eigenvalue weighted by atomic mass is 10.0. The van der Waals surface area contributed by atoms with Crippen molar-refractivity contribution in [3.05, 3.63) is 94.1 Å². The second-order valence-electron chi connectivity index (χ2n) is 10.0. The molecule has 0 saturated carbocycles. The van der Waals surface area contributed by atoms with Crippen molar-refractivity contribution < 1.29 is 14.4 Å². The monoisotopic (exact) mass is 600 g/mol. The zero-order valence-corrected chi connectivity index (χ0v) is 25.1. The van der Waals surface area contributed by atoms with Crippen LogP contribution < -0.4 is 21.3 Å². The minimum Gasteiger partial charge on any atom is -0.338 e. The molecule has 0 spiro atoms. The summed E-state index contributed by atoms with van der Waals surface area (Å²) in [5, 5.41) is 29.3. The van der Waals surface area contributed by atoms with Gasteiger partial charge >= 0.3 is 6.03 Å². The van der Waals surface area contributed by atoms with Crippen LogP contribution in [0.5, 0.6) is 0 Å². The summed E-state index contributed by atoms with van der Waals surface area (Å²) in [5.74, 6) is 0.0847. The van der Waals surface area contributed by atoms with Crippen LogP contribution in [0.25, 0.3) is 0 Å². The average Bonchev–Trinajstić information content (AvgIpc) is 3.43. The number of unbranched alkanes of at least 4 members (excludes halogenated alkanes) is 1. The number of nitrogens with one attached hydrogen (secondary N) is 4. The van der Waals surface area contributed by atoms with Gasteiger partial charge < -0.3 is 21.3 Å². The van der Waals surface area contributed by atoms with Crippen LogP contribution in [0.1, 0.15) is 60.1 Å². The van der Waals surface area contributed by atoms with Gasteiger partial charge in [0.25, 0.3) is 0 Å². The minimum atomic E-state index is -0.229. The molecular formula is C31H36N8O3S. The van der Waals surface area contributed by atoms with E-state index in [1.807, 2.05) is 74.5 Å². The molecule has 0 radical (unpaired) electrons. The van der Waals surface area contributed by atoms with E-state index in [9.17, 15) is 14.4 Å². The number of aryl methyl sites for hydroxylation is 2. The van der Waals surface area contributed by atoms with Crippen LogP contribution in [0.15, 0.2) is 66.7 Å². The van der Waals surface area contributed by atoms with Crippen molar-refractivity contribution >= 4 is 40.1 Å². The van der Waals surface area contributed by atoms with E-state index in [1.54, 1.807) is 6.07 Å². The van der Waals surface area contributed by atoms with Crippen LogP contribution in [-0.2, 0) is 35.3 Å². The van der Waals surface area contributed by atoms with Crippen LogP contribution in [0.2, 0.25) is 0 Å². The first-order valence-electron chi connectivity index (χ1n) is 14.3. The van der Waals surface area contributed by atoms with E-state index in [2.05, 4.69) is 41.7 Å². The summed E-state index contributed by atoms with van der Waals surface area (Å²) in [6.07, 6.45) is 3.76. The van der Waals surface area contributed by atoms with Crippen LogP contribution in [-0.4, -0.2) is 44.8 Å². The third-order valence-electron chi connectivity index (χ3n) is 6.48. The Bertz CT molecular complexity index is 1490. The van der Waals surface area contributed by atoms with Gasteiger partial charge in [0.1, 0.15) is 5.01 Å². The smallest absolute Gasteiger partial charge is 0.315 e. The molecule has 12 heteroatoms. The highest BCUT2D eigenvalue weighted by molar-refractivity contribution is 7.15. The molecule has 2 aromatic carbocycles. The number of hydrogen-bond acceptors (Lipinski definition) is 8. The lowest BCUT2D eigenvalue weighted by Gasteiger charge is -2.15. The van der Waals surface area contributed by atoms with Crippen LogP contribution in [0, 0.1) is 0 Å². The molecule has 0 aliphatic rings. The molecule has 0 saturated heterocycles. The second kappa shape index (κ2) is 16.1. The maximum Gasteiger partial charge on any atom is 0.315 e. The Hall–Kier alpha value is -4.71. The number of nitrogens with zero attached hydrogens (tertiary/aromatic N) is 4. The van der Waals surface area contributed by atoms with Gasteiger partial charge in [0.2, 0.25) is 16.9 Å². The Labute approximate surface area is 254 Å². The molecule has 1 unspecified atom stereocenters. The fraction of sp³-hybridized carbons (Fsp3) is 0.323. The number of carbonyl (C=O) groups excluding carboxylic acids is 3. The second-order valence-corrected chi connectivity index (χ2v) is 11.1. The van der Waals surface area contributed by atoms with E-state index in [0.29, 0.717) is 23.9 Å². The van der Waals surface area contributed by atoms with Crippen molar-refractivity contribution in [3.63, 3.8) is 0 Å². The van der Waals surface area contributed by atoms with E-state index in [0.717, 1.165) is 53.1 Å². The zero-order chi connectivity index (χ0) is 30.4. The number of hydrogen-bond donors (Lipinski definition) is 4. The summed E-state index contributed by atoms with van der Waals surface area (Å²) in [4.78, 5) is 36.6. The molecule has 4 amide bonds. The maximum atomic E-state index is 12.6. The van der Waals surface area contributed by atoms with E-state index in [1.165, 1.54) is 11.3 Å². The first-order chi connectivity index (χ1) is 20.9. The van der Waals surface area contributed by atoms with E-state index in [-0.39, 0.29) is 30.3 Å².